The number of anilines is 1. The number of hydrogen-bond donors (Lipinski definition) is 1. The zero-order valence-corrected chi connectivity index (χ0v) is 12.4. The maximum absolute atomic E-state index is 5.66. The maximum Gasteiger partial charge on any atom is 0.145 e. The van der Waals surface area contributed by atoms with Gasteiger partial charge in [-0.15, -0.1) is 0 Å². The molecule has 2 aromatic carbocycles. The van der Waals surface area contributed by atoms with Crippen LogP contribution in [0.1, 0.15) is 5.56 Å². The van der Waals surface area contributed by atoms with E-state index in [9.17, 15) is 0 Å². The van der Waals surface area contributed by atoms with Crippen molar-refractivity contribution in [1.82, 2.24) is 4.90 Å². The van der Waals surface area contributed by atoms with E-state index in [-0.39, 0.29) is 0 Å². The summed E-state index contributed by atoms with van der Waals surface area (Å²) in [7, 11) is 0. The number of nitrogens with zero attached hydrogens (tertiary/aromatic N) is 1. The molecular weight excluding hydrogens is 276 g/mol. The fourth-order valence-electron chi connectivity index (χ4n) is 2.38. The lowest BCUT2D eigenvalue weighted by molar-refractivity contribution is 0.0843. The van der Waals surface area contributed by atoms with Crippen molar-refractivity contribution in [3.05, 3.63) is 72.2 Å². The summed E-state index contributed by atoms with van der Waals surface area (Å²) < 4.78 is 11.3. The van der Waals surface area contributed by atoms with Gasteiger partial charge in [-0.25, -0.2) is 0 Å². The summed E-state index contributed by atoms with van der Waals surface area (Å²) in [6.45, 7) is 3.28. The molecule has 2 N–H and O–H groups in total. The number of rotatable bonds is 4. The average Bonchev–Trinajstić information content (AvgIpc) is 2.56. The zero-order chi connectivity index (χ0) is 15.2. The third-order valence-corrected chi connectivity index (χ3v) is 3.53. The molecule has 0 aliphatic carbocycles. The van der Waals surface area contributed by atoms with E-state index in [0.717, 1.165) is 36.8 Å². The minimum absolute atomic E-state index is 0.684. The van der Waals surface area contributed by atoms with Crippen LogP contribution in [0.3, 0.4) is 0 Å². The molecule has 3 rings (SSSR count). The second kappa shape index (κ2) is 7.00. The maximum atomic E-state index is 5.66. The van der Waals surface area contributed by atoms with E-state index >= 15 is 0 Å². The smallest absolute Gasteiger partial charge is 0.145 e. The normalized spacial score (nSPS) is 17.2. The molecule has 0 saturated carbocycles. The molecule has 0 spiro atoms. The topological polar surface area (TPSA) is 47.7 Å². The Morgan fingerprint density at radius 2 is 1.86 bits per heavy atom. The van der Waals surface area contributed by atoms with Gasteiger partial charge in [-0.2, -0.15) is 0 Å². The molecule has 0 aromatic heterocycles. The fraction of sp³-hybridized carbons (Fsp3) is 0.222. The Kier molecular flexibility index (Phi) is 4.61. The van der Waals surface area contributed by atoms with Crippen LogP contribution >= 0.6 is 0 Å². The minimum atomic E-state index is 0.684. The van der Waals surface area contributed by atoms with Gasteiger partial charge in [-0.05, 0) is 29.8 Å². The molecule has 22 heavy (non-hydrogen) atoms. The third kappa shape index (κ3) is 4.02. The first kappa shape index (κ1) is 14.5. The van der Waals surface area contributed by atoms with Crippen molar-refractivity contribution in [3.8, 4) is 5.75 Å². The highest BCUT2D eigenvalue weighted by Gasteiger charge is 2.15. The quantitative estimate of drug-likeness (QED) is 0.696. The van der Waals surface area contributed by atoms with Crippen LogP contribution < -0.4 is 10.5 Å². The molecule has 0 unspecified atom stereocenters. The van der Waals surface area contributed by atoms with Gasteiger partial charge in [0.15, 0.2) is 0 Å². The molecule has 0 radical (unpaired) electrons. The summed E-state index contributed by atoms with van der Waals surface area (Å²) in [6, 6.07) is 17.8. The molecular formula is C18H20N2O2. The van der Waals surface area contributed by atoms with E-state index in [0.29, 0.717) is 6.61 Å². The summed E-state index contributed by atoms with van der Waals surface area (Å²) in [6.07, 6.45) is 1.68. The SMILES string of the molecule is Nc1ccc(OC=C2CN(Cc3ccccc3)CCO2)cc1. The molecule has 4 nitrogen and oxygen atoms in total. The Morgan fingerprint density at radius 1 is 1.09 bits per heavy atom. The van der Waals surface area contributed by atoms with Crippen molar-refractivity contribution < 1.29 is 9.47 Å². The molecule has 114 valence electrons. The van der Waals surface area contributed by atoms with Gasteiger partial charge in [0.25, 0.3) is 0 Å². The first-order valence-electron chi connectivity index (χ1n) is 7.40. The van der Waals surface area contributed by atoms with E-state index in [1.54, 1.807) is 6.26 Å². The van der Waals surface area contributed by atoms with E-state index in [2.05, 4.69) is 29.2 Å². The van der Waals surface area contributed by atoms with Gasteiger partial charge in [0, 0.05) is 18.8 Å². The van der Waals surface area contributed by atoms with Gasteiger partial charge in [0.1, 0.15) is 24.4 Å². The highest BCUT2D eigenvalue weighted by Crippen LogP contribution is 2.16. The van der Waals surface area contributed by atoms with Crippen molar-refractivity contribution in [1.29, 1.82) is 0 Å². The van der Waals surface area contributed by atoms with E-state index in [1.165, 1.54) is 5.56 Å². The van der Waals surface area contributed by atoms with Crippen LogP contribution in [-0.4, -0.2) is 24.6 Å². The van der Waals surface area contributed by atoms with Crippen molar-refractivity contribution in [3.63, 3.8) is 0 Å². The first-order chi connectivity index (χ1) is 10.8. The summed E-state index contributed by atoms with van der Waals surface area (Å²) in [5, 5.41) is 0. The molecule has 1 aliphatic heterocycles. The molecule has 0 atom stereocenters. The molecule has 0 bridgehead atoms. The largest absolute Gasteiger partial charge is 0.492 e. The van der Waals surface area contributed by atoms with Gasteiger partial charge < -0.3 is 15.2 Å². The summed E-state index contributed by atoms with van der Waals surface area (Å²) in [5.41, 5.74) is 7.69. The van der Waals surface area contributed by atoms with Crippen LogP contribution in [0.5, 0.6) is 5.75 Å². The number of hydrogen-bond acceptors (Lipinski definition) is 4. The van der Waals surface area contributed by atoms with Crippen LogP contribution in [0.4, 0.5) is 5.69 Å². The molecule has 1 aliphatic rings. The highest BCUT2D eigenvalue weighted by molar-refractivity contribution is 5.41. The zero-order valence-electron chi connectivity index (χ0n) is 12.4. The van der Waals surface area contributed by atoms with Gasteiger partial charge in [0.05, 0.1) is 6.54 Å². The minimum Gasteiger partial charge on any atom is -0.492 e. The number of benzene rings is 2. The second-order valence-corrected chi connectivity index (χ2v) is 5.32. The molecule has 1 heterocycles. The lowest BCUT2D eigenvalue weighted by Gasteiger charge is -2.28. The van der Waals surface area contributed by atoms with Crippen LogP contribution in [0.15, 0.2) is 66.6 Å². The van der Waals surface area contributed by atoms with Crippen molar-refractivity contribution in [2.24, 2.45) is 0 Å². The first-order valence-corrected chi connectivity index (χ1v) is 7.40. The Labute approximate surface area is 130 Å². The molecule has 4 heteroatoms. The Hall–Kier alpha value is -2.46. The molecule has 0 amide bonds. The van der Waals surface area contributed by atoms with Gasteiger partial charge in [-0.1, -0.05) is 30.3 Å². The van der Waals surface area contributed by atoms with E-state index in [1.807, 2.05) is 30.3 Å². The lowest BCUT2D eigenvalue weighted by Crippen LogP contribution is -2.34. The Balaban J connectivity index is 1.58. The lowest BCUT2D eigenvalue weighted by atomic mass is 10.2. The van der Waals surface area contributed by atoms with E-state index in [4.69, 9.17) is 15.2 Å². The predicted octanol–water partition coefficient (Wildman–Crippen LogP) is 3.02. The molecule has 1 saturated heterocycles. The molecule has 2 aromatic rings. The number of ether oxygens (including phenoxy) is 2. The van der Waals surface area contributed by atoms with Crippen LogP contribution in [0, 0.1) is 0 Å². The number of nitrogen functional groups attached to an aromatic ring is 1. The van der Waals surface area contributed by atoms with Crippen LogP contribution in [0.2, 0.25) is 0 Å². The van der Waals surface area contributed by atoms with E-state index < -0.39 is 0 Å². The predicted molar refractivity (Wildman–Crippen MR) is 87.2 cm³/mol. The fourth-order valence-corrected chi connectivity index (χ4v) is 2.38. The van der Waals surface area contributed by atoms with Gasteiger partial charge >= 0.3 is 0 Å². The number of nitrogens with two attached hydrogens (primary N) is 1. The van der Waals surface area contributed by atoms with Gasteiger partial charge in [-0.3, -0.25) is 4.90 Å². The van der Waals surface area contributed by atoms with Crippen molar-refractivity contribution >= 4 is 5.69 Å². The summed E-state index contributed by atoms with van der Waals surface area (Å²) in [4.78, 5) is 2.34. The number of morpholine rings is 1. The van der Waals surface area contributed by atoms with Crippen LogP contribution in [0.25, 0.3) is 0 Å². The van der Waals surface area contributed by atoms with Crippen molar-refractivity contribution in [2.75, 3.05) is 25.4 Å². The van der Waals surface area contributed by atoms with Crippen molar-refractivity contribution in [2.45, 2.75) is 6.54 Å². The Morgan fingerprint density at radius 3 is 2.64 bits per heavy atom. The standard InChI is InChI=1S/C18H20N2O2/c19-16-6-8-17(9-7-16)22-14-18-13-20(10-11-21-18)12-15-4-2-1-3-5-15/h1-9,14H,10-13,19H2. The highest BCUT2D eigenvalue weighted by atomic mass is 16.5. The van der Waals surface area contributed by atoms with Crippen LogP contribution in [-0.2, 0) is 11.3 Å². The summed E-state index contributed by atoms with van der Waals surface area (Å²) >= 11 is 0. The Bertz CT molecular complexity index is 623. The third-order valence-electron chi connectivity index (χ3n) is 3.53. The average molecular weight is 296 g/mol. The monoisotopic (exact) mass is 296 g/mol. The van der Waals surface area contributed by atoms with Gasteiger partial charge in [0.2, 0.25) is 0 Å². The second-order valence-electron chi connectivity index (χ2n) is 5.32. The molecule has 1 fully saturated rings. The summed E-state index contributed by atoms with van der Waals surface area (Å²) in [5.74, 6) is 1.60.